The Bertz CT molecular complexity index is 508. The number of ether oxygens (including phenoxy) is 2. The molecule has 0 heterocycles. The SMILES string of the molecule is COC(=O)CCCCCNC(=O)COc1ccc(Cl)cc1Cl. The van der Waals surface area contributed by atoms with Crippen molar-refractivity contribution in [1.29, 1.82) is 0 Å². The highest BCUT2D eigenvalue weighted by atomic mass is 35.5. The van der Waals surface area contributed by atoms with E-state index in [4.69, 9.17) is 27.9 Å². The number of benzene rings is 1. The predicted molar refractivity (Wildman–Crippen MR) is 85.5 cm³/mol. The van der Waals surface area contributed by atoms with E-state index in [1.54, 1.807) is 18.2 Å². The standard InChI is InChI=1S/C15H19Cl2NO4/c1-21-15(20)5-3-2-4-8-18-14(19)10-22-13-7-6-11(16)9-12(13)17/h6-7,9H,2-5,8,10H2,1H3,(H,18,19). The average Bonchev–Trinajstić information content (AvgIpc) is 2.49. The molecule has 0 aliphatic heterocycles. The van der Waals surface area contributed by atoms with Gasteiger partial charge < -0.3 is 14.8 Å². The van der Waals surface area contributed by atoms with Crippen molar-refractivity contribution in [2.75, 3.05) is 20.3 Å². The number of hydrogen-bond donors (Lipinski definition) is 1. The third-order valence-electron chi connectivity index (χ3n) is 2.86. The molecule has 1 rings (SSSR count). The molecule has 0 saturated carbocycles. The lowest BCUT2D eigenvalue weighted by Crippen LogP contribution is -2.29. The van der Waals surface area contributed by atoms with Crippen LogP contribution in [-0.4, -0.2) is 32.1 Å². The lowest BCUT2D eigenvalue weighted by molar-refractivity contribution is -0.140. The molecule has 0 saturated heterocycles. The fourth-order valence-corrected chi connectivity index (χ4v) is 2.15. The number of methoxy groups -OCH3 is 1. The van der Waals surface area contributed by atoms with Gasteiger partial charge in [-0.15, -0.1) is 0 Å². The Kier molecular flexibility index (Phi) is 8.70. The molecule has 0 spiro atoms. The highest BCUT2D eigenvalue weighted by Gasteiger charge is 2.06. The molecule has 0 aliphatic carbocycles. The lowest BCUT2D eigenvalue weighted by Gasteiger charge is -2.09. The van der Waals surface area contributed by atoms with Crippen molar-refractivity contribution >= 4 is 35.1 Å². The molecular weight excluding hydrogens is 329 g/mol. The highest BCUT2D eigenvalue weighted by molar-refractivity contribution is 6.35. The van der Waals surface area contributed by atoms with Crippen LogP contribution in [0.3, 0.4) is 0 Å². The average molecular weight is 348 g/mol. The zero-order valence-electron chi connectivity index (χ0n) is 12.4. The molecule has 0 aromatic heterocycles. The van der Waals surface area contributed by atoms with E-state index in [1.807, 2.05) is 0 Å². The molecular formula is C15H19Cl2NO4. The van der Waals surface area contributed by atoms with Crippen LogP contribution in [0.4, 0.5) is 0 Å². The minimum absolute atomic E-state index is 0.108. The Morgan fingerprint density at radius 1 is 1.18 bits per heavy atom. The van der Waals surface area contributed by atoms with Gasteiger partial charge in [0.2, 0.25) is 0 Å². The first-order valence-electron chi connectivity index (χ1n) is 6.94. The summed E-state index contributed by atoms with van der Waals surface area (Å²) < 4.78 is 9.86. The summed E-state index contributed by atoms with van der Waals surface area (Å²) in [4.78, 5) is 22.5. The van der Waals surface area contributed by atoms with Crippen LogP contribution in [0.5, 0.6) is 5.75 Å². The summed E-state index contributed by atoms with van der Waals surface area (Å²) in [6.07, 6.45) is 2.80. The van der Waals surface area contributed by atoms with Gasteiger partial charge in [0, 0.05) is 18.0 Å². The van der Waals surface area contributed by atoms with Gasteiger partial charge in [0.15, 0.2) is 6.61 Å². The maximum atomic E-state index is 11.6. The van der Waals surface area contributed by atoms with E-state index < -0.39 is 0 Å². The van der Waals surface area contributed by atoms with E-state index in [2.05, 4.69) is 10.1 Å². The van der Waals surface area contributed by atoms with Crippen molar-refractivity contribution in [2.45, 2.75) is 25.7 Å². The topological polar surface area (TPSA) is 64.6 Å². The summed E-state index contributed by atoms with van der Waals surface area (Å²) in [6, 6.07) is 4.81. The zero-order chi connectivity index (χ0) is 16.4. The smallest absolute Gasteiger partial charge is 0.305 e. The first-order chi connectivity index (χ1) is 10.5. The van der Waals surface area contributed by atoms with Gasteiger partial charge in [0.1, 0.15) is 5.75 Å². The van der Waals surface area contributed by atoms with E-state index in [0.29, 0.717) is 28.8 Å². The minimum Gasteiger partial charge on any atom is -0.482 e. The van der Waals surface area contributed by atoms with Gasteiger partial charge in [0.05, 0.1) is 12.1 Å². The Hall–Kier alpha value is -1.46. The van der Waals surface area contributed by atoms with Gasteiger partial charge in [-0.1, -0.05) is 29.6 Å². The van der Waals surface area contributed by atoms with E-state index in [1.165, 1.54) is 7.11 Å². The highest BCUT2D eigenvalue weighted by Crippen LogP contribution is 2.27. The van der Waals surface area contributed by atoms with Crippen molar-refractivity contribution in [3.05, 3.63) is 28.2 Å². The molecule has 22 heavy (non-hydrogen) atoms. The quantitative estimate of drug-likeness (QED) is 0.550. The maximum Gasteiger partial charge on any atom is 0.305 e. The fraction of sp³-hybridized carbons (Fsp3) is 0.467. The van der Waals surface area contributed by atoms with Crippen LogP contribution in [0.15, 0.2) is 18.2 Å². The number of carbonyl (C=O) groups is 2. The number of hydrogen-bond acceptors (Lipinski definition) is 4. The molecule has 122 valence electrons. The van der Waals surface area contributed by atoms with Gasteiger partial charge >= 0.3 is 5.97 Å². The number of rotatable bonds is 9. The first kappa shape index (κ1) is 18.6. The second-order valence-corrected chi connectivity index (χ2v) is 5.44. The predicted octanol–water partition coefficient (Wildman–Crippen LogP) is 3.22. The van der Waals surface area contributed by atoms with Crippen molar-refractivity contribution in [1.82, 2.24) is 5.32 Å². The molecule has 0 bridgehead atoms. The number of esters is 1. The van der Waals surface area contributed by atoms with Crippen LogP contribution in [-0.2, 0) is 14.3 Å². The molecule has 5 nitrogen and oxygen atoms in total. The van der Waals surface area contributed by atoms with Crippen molar-refractivity contribution < 1.29 is 19.1 Å². The van der Waals surface area contributed by atoms with Gasteiger partial charge in [-0.2, -0.15) is 0 Å². The fourth-order valence-electron chi connectivity index (χ4n) is 1.69. The minimum atomic E-state index is -0.223. The van der Waals surface area contributed by atoms with Gasteiger partial charge in [0.25, 0.3) is 5.91 Å². The largest absolute Gasteiger partial charge is 0.482 e. The van der Waals surface area contributed by atoms with E-state index >= 15 is 0 Å². The normalized spacial score (nSPS) is 10.1. The Morgan fingerprint density at radius 2 is 1.95 bits per heavy atom. The third-order valence-corrected chi connectivity index (χ3v) is 3.39. The number of amides is 1. The number of halogens is 2. The number of carbonyl (C=O) groups excluding carboxylic acids is 2. The van der Waals surface area contributed by atoms with Crippen LogP contribution in [0.2, 0.25) is 10.0 Å². The van der Waals surface area contributed by atoms with Crippen LogP contribution in [0, 0.1) is 0 Å². The Labute approximate surface area is 139 Å². The van der Waals surface area contributed by atoms with E-state index in [9.17, 15) is 9.59 Å². The van der Waals surface area contributed by atoms with Crippen LogP contribution >= 0.6 is 23.2 Å². The molecule has 1 aromatic carbocycles. The van der Waals surface area contributed by atoms with Gasteiger partial charge in [-0.25, -0.2) is 0 Å². The molecule has 1 aromatic rings. The molecule has 0 fully saturated rings. The number of unbranched alkanes of at least 4 members (excludes halogenated alkanes) is 2. The van der Waals surface area contributed by atoms with Crippen LogP contribution < -0.4 is 10.1 Å². The molecule has 0 aliphatic rings. The second-order valence-electron chi connectivity index (χ2n) is 4.60. The molecule has 0 unspecified atom stereocenters. The van der Waals surface area contributed by atoms with Crippen LogP contribution in [0.1, 0.15) is 25.7 Å². The Balaban J connectivity index is 2.12. The van der Waals surface area contributed by atoms with E-state index in [-0.39, 0.29) is 18.5 Å². The summed E-state index contributed by atoms with van der Waals surface area (Å²) in [5.74, 6) is -0.0180. The summed E-state index contributed by atoms with van der Waals surface area (Å²) in [7, 11) is 1.37. The second kappa shape index (κ2) is 10.3. The molecule has 1 N–H and O–H groups in total. The third kappa shape index (κ3) is 7.52. The summed E-state index contributed by atoms with van der Waals surface area (Å²) in [5, 5.41) is 3.61. The summed E-state index contributed by atoms with van der Waals surface area (Å²) in [5.41, 5.74) is 0. The molecule has 0 radical (unpaired) electrons. The van der Waals surface area contributed by atoms with Crippen LogP contribution in [0.25, 0.3) is 0 Å². The zero-order valence-corrected chi connectivity index (χ0v) is 13.9. The summed E-state index contributed by atoms with van der Waals surface area (Å²) in [6.45, 7) is 0.432. The van der Waals surface area contributed by atoms with Gasteiger partial charge in [-0.3, -0.25) is 9.59 Å². The molecule has 1 amide bonds. The number of nitrogens with one attached hydrogen (secondary N) is 1. The lowest BCUT2D eigenvalue weighted by atomic mass is 10.2. The Morgan fingerprint density at radius 3 is 2.64 bits per heavy atom. The monoisotopic (exact) mass is 347 g/mol. The van der Waals surface area contributed by atoms with Gasteiger partial charge in [-0.05, 0) is 31.0 Å². The maximum absolute atomic E-state index is 11.6. The summed E-state index contributed by atoms with van der Waals surface area (Å²) >= 11 is 11.7. The molecule has 7 heteroatoms. The van der Waals surface area contributed by atoms with Crippen molar-refractivity contribution in [3.63, 3.8) is 0 Å². The van der Waals surface area contributed by atoms with Crippen molar-refractivity contribution in [2.24, 2.45) is 0 Å². The first-order valence-corrected chi connectivity index (χ1v) is 7.70. The van der Waals surface area contributed by atoms with Crippen molar-refractivity contribution in [3.8, 4) is 5.75 Å². The van der Waals surface area contributed by atoms with E-state index in [0.717, 1.165) is 19.3 Å². The molecule has 0 atom stereocenters.